The monoisotopic (exact) mass is 449 g/mol. The predicted octanol–water partition coefficient (Wildman–Crippen LogP) is 4.33. The van der Waals surface area contributed by atoms with Crippen molar-refractivity contribution in [3.05, 3.63) is 52.5 Å². The number of hydrogen-bond donors (Lipinski definition) is 2. The molecule has 0 bridgehead atoms. The number of carbonyl (C=O) groups excluding carboxylic acids is 1. The van der Waals surface area contributed by atoms with Crippen LogP contribution in [0.25, 0.3) is 0 Å². The van der Waals surface area contributed by atoms with Crippen LogP contribution in [-0.4, -0.2) is 20.2 Å². The summed E-state index contributed by atoms with van der Waals surface area (Å²) in [6, 6.07) is 12.3. The minimum Gasteiger partial charge on any atom is -0.342 e. The number of carbonyl (C=O) groups is 1. The lowest BCUT2D eigenvalue weighted by Crippen LogP contribution is -2.25. The van der Waals surface area contributed by atoms with Gasteiger partial charge in [0.1, 0.15) is 10.7 Å². The number of hydrogen-bond acceptors (Lipinski definition) is 4. The van der Waals surface area contributed by atoms with E-state index in [1.165, 1.54) is 6.07 Å². The molecule has 0 saturated heterocycles. The number of amides is 1. The van der Waals surface area contributed by atoms with Gasteiger partial charge in [-0.1, -0.05) is 35.0 Å². The van der Waals surface area contributed by atoms with Crippen molar-refractivity contribution < 1.29 is 13.2 Å². The quantitative estimate of drug-likeness (QED) is 0.710. The number of fused-ring (bicyclic) bond motifs is 1. The number of nitrogens with one attached hydrogen (secondary N) is 2. The van der Waals surface area contributed by atoms with Gasteiger partial charge >= 0.3 is 0 Å². The summed E-state index contributed by atoms with van der Waals surface area (Å²) in [6.07, 6.45) is 0.623. The maximum atomic E-state index is 12.3. The number of nitrogens with zero attached hydrogens (tertiary/aromatic N) is 1. The molecule has 0 aliphatic carbocycles. The number of amidine groups is 1. The van der Waals surface area contributed by atoms with Crippen LogP contribution in [0.15, 0.2) is 56.2 Å². The van der Waals surface area contributed by atoms with Crippen molar-refractivity contribution in [3.63, 3.8) is 0 Å². The van der Waals surface area contributed by atoms with E-state index >= 15 is 0 Å². The largest absolute Gasteiger partial charge is 0.342 e. The molecule has 1 aliphatic heterocycles. The fourth-order valence-corrected chi connectivity index (χ4v) is 4.31. The summed E-state index contributed by atoms with van der Waals surface area (Å²) >= 11 is 3.43. The molecule has 2 aromatic carbocycles. The van der Waals surface area contributed by atoms with Crippen molar-refractivity contribution in [1.29, 1.82) is 0 Å². The van der Waals surface area contributed by atoms with E-state index in [1.54, 1.807) is 18.2 Å². The van der Waals surface area contributed by atoms with Gasteiger partial charge in [0, 0.05) is 23.0 Å². The van der Waals surface area contributed by atoms with E-state index in [2.05, 4.69) is 31.0 Å². The van der Waals surface area contributed by atoms with Crippen LogP contribution in [0.5, 0.6) is 0 Å². The van der Waals surface area contributed by atoms with E-state index in [1.807, 2.05) is 32.0 Å². The van der Waals surface area contributed by atoms with Gasteiger partial charge in [0.25, 0.3) is 10.0 Å². The van der Waals surface area contributed by atoms with Crippen molar-refractivity contribution in [1.82, 2.24) is 0 Å². The molecule has 1 amide bonds. The van der Waals surface area contributed by atoms with Crippen LogP contribution in [0.4, 0.5) is 11.4 Å². The van der Waals surface area contributed by atoms with Crippen LogP contribution < -0.4 is 10.6 Å². The maximum absolute atomic E-state index is 12.3. The third kappa shape index (κ3) is 4.75. The Balaban J connectivity index is 1.62. The zero-order valence-electron chi connectivity index (χ0n) is 15.0. The molecule has 3 rings (SSSR count). The summed E-state index contributed by atoms with van der Waals surface area (Å²) in [5.41, 5.74) is 2.28. The summed E-state index contributed by atoms with van der Waals surface area (Å²) in [7, 11) is -3.70. The molecular formula is C19H20BrN3O3S. The lowest BCUT2D eigenvalue weighted by Gasteiger charge is -2.20. The third-order valence-corrected chi connectivity index (χ3v) is 6.45. The molecule has 2 aromatic rings. The van der Waals surface area contributed by atoms with Gasteiger partial charge in [-0.3, -0.25) is 4.79 Å². The Morgan fingerprint density at radius 1 is 1.26 bits per heavy atom. The summed E-state index contributed by atoms with van der Waals surface area (Å²) in [4.78, 5) is 12.5. The first kappa shape index (κ1) is 19.6. The Hall–Kier alpha value is -2.19. The van der Waals surface area contributed by atoms with Crippen LogP contribution in [0.3, 0.4) is 0 Å². The van der Waals surface area contributed by atoms with Gasteiger partial charge in [0.2, 0.25) is 5.91 Å². The Morgan fingerprint density at radius 2 is 2.00 bits per heavy atom. The highest BCUT2D eigenvalue weighted by molar-refractivity contribution is 9.10. The van der Waals surface area contributed by atoms with Crippen LogP contribution in [0, 0.1) is 12.8 Å². The second-order valence-corrected chi connectivity index (χ2v) is 9.09. The molecule has 0 aromatic heterocycles. The average Bonchev–Trinajstić information content (AvgIpc) is 2.57. The lowest BCUT2D eigenvalue weighted by atomic mass is 10.0. The lowest BCUT2D eigenvalue weighted by molar-refractivity contribution is -0.116. The van der Waals surface area contributed by atoms with E-state index in [0.717, 1.165) is 15.7 Å². The number of anilines is 2. The minimum atomic E-state index is -3.70. The van der Waals surface area contributed by atoms with Crippen molar-refractivity contribution in [2.75, 3.05) is 10.6 Å². The second kappa shape index (κ2) is 7.82. The second-order valence-electron chi connectivity index (χ2n) is 6.66. The van der Waals surface area contributed by atoms with Crippen LogP contribution in [-0.2, 0) is 14.8 Å². The first-order valence-corrected chi connectivity index (χ1v) is 10.7. The number of sulfonamides is 1. The smallest absolute Gasteiger partial charge is 0.286 e. The average molecular weight is 450 g/mol. The standard InChI is InChI=1S/C19H20BrN3O3S/c1-12(10-19(24)21-14-7-8-15(20)13(2)11-14)9-18-22-16-5-3-4-6-17(16)27(25,26)23-18/h3-8,11-12H,9-10H2,1-2H3,(H,21,24)(H,22,23). The SMILES string of the molecule is Cc1cc(NC(=O)CC(C)CC2=NS(=O)(=O)c3ccccc3N2)ccc1Br. The number of benzene rings is 2. The summed E-state index contributed by atoms with van der Waals surface area (Å²) in [5.74, 6) is 0.158. The molecule has 8 heteroatoms. The summed E-state index contributed by atoms with van der Waals surface area (Å²) in [5, 5.41) is 5.93. The first-order chi connectivity index (χ1) is 12.7. The van der Waals surface area contributed by atoms with Gasteiger partial charge in [-0.25, -0.2) is 0 Å². The van der Waals surface area contributed by atoms with Gasteiger partial charge in [-0.05, 0) is 48.7 Å². The molecule has 1 atom stereocenters. The Morgan fingerprint density at radius 3 is 2.74 bits per heavy atom. The van der Waals surface area contributed by atoms with E-state index in [0.29, 0.717) is 17.9 Å². The molecule has 0 spiro atoms. The molecule has 1 heterocycles. The Kier molecular flexibility index (Phi) is 5.67. The van der Waals surface area contributed by atoms with E-state index < -0.39 is 10.0 Å². The fourth-order valence-electron chi connectivity index (χ4n) is 2.91. The molecule has 0 saturated carbocycles. The van der Waals surface area contributed by atoms with Crippen LogP contribution in [0.2, 0.25) is 0 Å². The Bertz CT molecular complexity index is 1020. The molecule has 1 aliphatic rings. The number of rotatable bonds is 5. The van der Waals surface area contributed by atoms with Crippen molar-refractivity contribution in [2.45, 2.75) is 31.6 Å². The molecule has 6 nitrogen and oxygen atoms in total. The molecule has 1 unspecified atom stereocenters. The first-order valence-electron chi connectivity index (χ1n) is 8.50. The summed E-state index contributed by atoms with van der Waals surface area (Å²) in [6.45, 7) is 3.84. The van der Waals surface area contributed by atoms with Gasteiger partial charge in [0.05, 0.1) is 5.69 Å². The van der Waals surface area contributed by atoms with E-state index in [4.69, 9.17) is 0 Å². The number of para-hydroxylation sites is 1. The zero-order chi connectivity index (χ0) is 19.6. The highest BCUT2D eigenvalue weighted by atomic mass is 79.9. The fraction of sp³-hybridized carbons (Fsp3) is 0.263. The normalized spacial score (nSPS) is 15.9. The van der Waals surface area contributed by atoms with Gasteiger partial charge < -0.3 is 10.6 Å². The molecular weight excluding hydrogens is 430 g/mol. The van der Waals surface area contributed by atoms with Crippen molar-refractivity contribution in [3.8, 4) is 0 Å². The minimum absolute atomic E-state index is 0.0757. The molecule has 142 valence electrons. The third-order valence-electron chi connectivity index (χ3n) is 4.19. The summed E-state index contributed by atoms with van der Waals surface area (Å²) < 4.78 is 29.4. The highest BCUT2D eigenvalue weighted by Gasteiger charge is 2.25. The molecule has 0 radical (unpaired) electrons. The molecule has 0 fully saturated rings. The Labute approximate surface area is 167 Å². The van der Waals surface area contributed by atoms with Crippen molar-refractivity contribution in [2.24, 2.45) is 10.3 Å². The van der Waals surface area contributed by atoms with E-state index in [-0.39, 0.29) is 23.1 Å². The van der Waals surface area contributed by atoms with Gasteiger partial charge in [0.15, 0.2) is 0 Å². The van der Waals surface area contributed by atoms with Crippen molar-refractivity contribution >= 4 is 49.1 Å². The van der Waals surface area contributed by atoms with E-state index in [9.17, 15) is 13.2 Å². The van der Waals surface area contributed by atoms with Gasteiger partial charge in [-0.2, -0.15) is 8.42 Å². The van der Waals surface area contributed by atoms with Crippen LogP contribution in [0.1, 0.15) is 25.3 Å². The molecule has 27 heavy (non-hydrogen) atoms. The van der Waals surface area contributed by atoms with Crippen LogP contribution >= 0.6 is 15.9 Å². The number of aryl methyl sites for hydroxylation is 1. The topological polar surface area (TPSA) is 87.6 Å². The predicted molar refractivity (Wildman–Crippen MR) is 111 cm³/mol. The number of halogens is 1. The molecule has 2 N–H and O–H groups in total. The highest BCUT2D eigenvalue weighted by Crippen LogP contribution is 2.28. The zero-order valence-corrected chi connectivity index (χ0v) is 17.4. The maximum Gasteiger partial charge on any atom is 0.286 e. The van der Waals surface area contributed by atoms with Gasteiger partial charge in [-0.15, -0.1) is 4.40 Å².